The monoisotopic (exact) mass is 453 g/mol. The van der Waals surface area contributed by atoms with Crippen LogP contribution in [-0.4, -0.2) is 23.9 Å². The second-order valence-electron chi connectivity index (χ2n) is 6.88. The SMILES string of the molecule is COc1ccccc1C1/C(=C(\O)c2ccc(Cl)c(Cl)c2)C(=O)C(=O)N1c1ccccc1. The highest BCUT2D eigenvalue weighted by Gasteiger charge is 2.47. The van der Waals surface area contributed by atoms with E-state index in [4.69, 9.17) is 27.9 Å². The summed E-state index contributed by atoms with van der Waals surface area (Å²) >= 11 is 12.1. The van der Waals surface area contributed by atoms with Crippen molar-refractivity contribution in [3.8, 4) is 5.75 Å². The number of ether oxygens (including phenoxy) is 1. The second-order valence-corrected chi connectivity index (χ2v) is 7.69. The van der Waals surface area contributed by atoms with Gasteiger partial charge in [0.15, 0.2) is 0 Å². The van der Waals surface area contributed by atoms with Crippen LogP contribution in [-0.2, 0) is 9.59 Å². The van der Waals surface area contributed by atoms with E-state index in [2.05, 4.69) is 0 Å². The molecule has 4 rings (SSSR count). The van der Waals surface area contributed by atoms with Crippen molar-refractivity contribution in [1.29, 1.82) is 0 Å². The van der Waals surface area contributed by atoms with Crippen LogP contribution < -0.4 is 9.64 Å². The van der Waals surface area contributed by atoms with Crippen molar-refractivity contribution in [2.75, 3.05) is 12.0 Å². The van der Waals surface area contributed by atoms with Gasteiger partial charge in [-0.2, -0.15) is 0 Å². The molecule has 1 saturated heterocycles. The van der Waals surface area contributed by atoms with Gasteiger partial charge in [-0.15, -0.1) is 0 Å². The number of anilines is 1. The Balaban J connectivity index is 1.99. The summed E-state index contributed by atoms with van der Waals surface area (Å²) < 4.78 is 5.49. The van der Waals surface area contributed by atoms with Crippen LogP contribution >= 0.6 is 23.2 Å². The number of carbonyl (C=O) groups is 2. The predicted octanol–water partition coefficient (Wildman–Crippen LogP) is 5.63. The van der Waals surface area contributed by atoms with Crippen LogP contribution in [0, 0.1) is 0 Å². The third kappa shape index (κ3) is 3.67. The molecule has 1 amide bonds. The van der Waals surface area contributed by atoms with E-state index in [0.717, 1.165) is 0 Å². The Labute approximate surface area is 189 Å². The van der Waals surface area contributed by atoms with Crippen LogP contribution in [0.3, 0.4) is 0 Å². The van der Waals surface area contributed by atoms with E-state index in [0.29, 0.717) is 22.0 Å². The summed E-state index contributed by atoms with van der Waals surface area (Å²) in [6, 6.07) is 19.5. The number of hydrogen-bond donors (Lipinski definition) is 1. The topological polar surface area (TPSA) is 66.8 Å². The molecule has 1 heterocycles. The minimum Gasteiger partial charge on any atom is -0.507 e. The molecule has 0 bridgehead atoms. The first-order valence-electron chi connectivity index (χ1n) is 9.38. The number of methoxy groups -OCH3 is 1. The largest absolute Gasteiger partial charge is 0.507 e. The van der Waals surface area contributed by atoms with Gasteiger partial charge in [-0.1, -0.05) is 59.6 Å². The third-order valence-electron chi connectivity index (χ3n) is 5.11. The summed E-state index contributed by atoms with van der Waals surface area (Å²) in [4.78, 5) is 27.6. The highest BCUT2D eigenvalue weighted by atomic mass is 35.5. The number of carbonyl (C=O) groups excluding carboxylic acids is 2. The van der Waals surface area contributed by atoms with E-state index in [1.54, 1.807) is 54.6 Å². The van der Waals surface area contributed by atoms with Gasteiger partial charge in [0.2, 0.25) is 0 Å². The zero-order valence-corrected chi connectivity index (χ0v) is 17.9. The Morgan fingerprint density at radius 2 is 1.61 bits per heavy atom. The molecule has 31 heavy (non-hydrogen) atoms. The first-order chi connectivity index (χ1) is 14.9. The zero-order chi connectivity index (χ0) is 22.1. The molecule has 1 N–H and O–H groups in total. The predicted molar refractivity (Wildman–Crippen MR) is 121 cm³/mol. The highest BCUT2D eigenvalue weighted by molar-refractivity contribution is 6.51. The van der Waals surface area contributed by atoms with E-state index in [-0.39, 0.29) is 21.9 Å². The number of amides is 1. The summed E-state index contributed by atoms with van der Waals surface area (Å²) in [5.41, 5.74) is 1.31. The number of para-hydroxylation sites is 2. The minimum absolute atomic E-state index is 0.0586. The smallest absolute Gasteiger partial charge is 0.300 e. The molecule has 0 saturated carbocycles. The lowest BCUT2D eigenvalue weighted by Crippen LogP contribution is -2.29. The van der Waals surface area contributed by atoms with Crippen molar-refractivity contribution < 1.29 is 19.4 Å². The zero-order valence-electron chi connectivity index (χ0n) is 16.4. The Morgan fingerprint density at radius 1 is 0.935 bits per heavy atom. The van der Waals surface area contributed by atoms with Crippen LogP contribution in [0.4, 0.5) is 5.69 Å². The fourth-order valence-corrected chi connectivity index (χ4v) is 3.97. The van der Waals surface area contributed by atoms with Crippen molar-refractivity contribution in [3.63, 3.8) is 0 Å². The van der Waals surface area contributed by atoms with Gasteiger partial charge >= 0.3 is 0 Å². The molecule has 7 heteroatoms. The van der Waals surface area contributed by atoms with Crippen LogP contribution in [0.25, 0.3) is 5.76 Å². The van der Waals surface area contributed by atoms with Crippen molar-refractivity contribution >= 4 is 46.3 Å². The van der Waals surface area contributed by atoms with Crippen LogP contribution in [0.15, 0.2) is 78.4 Å². The summed E-state index contributed by atoms with van der Waals surface area (Å²) in [6.07, 6.45) is 0. The summed E-state index contributed by atoms with van der Waals surface area (Å²) in [6.45, 7) is 0. The summed E-state index contributed by atoms with van der Waals surface area (Å²) in [5, 5.41) is 11.6. The maximum Gasteiger partial charge on any atom is 0.300 e. The molecule has 1 unspecified atom stereocenters. The van der Waals surface area contributed by atoms with Gasteiger partial charge in [-0.3, -0.25) is 14.5 Å². The summed E-state index contributed by atoms with van der Waals surface area (Å²) in [7, 11) is 1.51. The molecule has 1 atom stereocenters. The third-order valence-corrected chi connectivity index (χ3v) is 5.84. The normalized spacial score (nSPS) is 17.8. The van der Waals surface area contributed by atoms with E-state index >= 15 is 0 Å². The molecule has 1 aliphatic rings. The fraction of sp³-hybridized carbons (Fsp3) is 0.0833. The van der Waals surface area contributed by atoms with Gasteiger partial charge in [-0.05, 0) is 36.4 Å². The number of ketones is 1. The van der Waals surface area contributed by atoms with Crippen molar-refractivity contribution in [2.24, 2.45) is 0 Å². The van der Waals surface area contributed by atoms with E-state index < -0.39 is 17.7 Å². The van der Waals surface area contributed by atoms with Crippen molar-refractivity contribution in [1.82, 2.24) is 0 Å². The molecule has 0 aliphatic carbocycles. The summed E-state index contributed by atoms with van der Waals surface area (Å²) in [5.74, 6) is -1.41. The molecular formula is C24H17Cl2NO4. The van der Waals surface area contributed by atoms with E-state index in [1.807, 2.05) is 6.07 Å². The number of hydrogen-bond acceptors (Lipinski definition) is 4. The molecule has 5 nitrogen and oxygen atoms in total. The Bertz CT molecular complexity index is 1210. The van der Waals surface area contributed by atoms with Crippen molar-refractivity contribution in [2.45, 2.75) is 6.04 Å². The lowest BCUT2D eigenvalue weighted by Gasteiger charge is -2.26. The standard InChI is InChI=1S/C24H17Cl2NO4/c1-31-19-10-6-5-9-16(19)21-20(22(28)14-11-12-17(25)18(26)13-14)23(29)24(30)27(21)15-7-3-2-4-8-15/h2-13,21,28H,1H3/b22-20+. The van der Waals surface area contributed by atoms with Gasteiger partial charge in [0.25, 0.3) is 11.7 Å². The van der Waals surface area contributed by atoms with Gasteiger partial charge in [-0.25, -0.2) is 0 Å². The van der Waals surface area contributed by atoms with Crippen molar-refractivity contribution in [3.05, 3.63) is 99.5 Å². The molecule has 156 valence electrons. The second kappa shape index (κ2) is 8.46. The lowest BCUT2D eigenvalue weighted by atomic mass is 9.94. The number of Topliss-reactive ketones (excluding diaryl/α,β-unsaturated/α-hetero) is 1. The van der Waals surface area contributed by atoms with Gasteiger partial charge in [0.1, 0.15) is 11.5 Å². The fourth-order valence-electron chi connectivity index (χ4n) is 3.67. The molecule has 0 aromatic heterocycles. The molecule has 3 aromatic carbocycles. The number of nitrogens with zero attached hydrogens (tertiary/aromatic N) is 1. The number of benzene rings is 3. The maximum atomic E-state index is 13.1. The highest BCUT2D eigenvalue weighted by Crippen LogP contribution is 2.45. The molecule has 1 fully saturated rings. The first kappa shape index (κ1) is 21.0. The van der Waals surface area contributed by atoms with Gasteiger partial charge < -0.3 is 9.84 Å². The average Bonchev–Trinajstić information content (AvgIpc) is 3.06. The number of halogens is 2. The van der Waals surface area contributed by atoms with Gasteiger partial charge in [0.05, 0.1) is 28.8 Å². The number of aliphatic hydroxyl groups is 1. The Kier molecular flexibility index (Phi) is 5.72. The molecular weight excluding hydrogens is 437 g/mol. The Morgan fingerprint density at radius 3 is 2.29 bits per heavy atom. The molecule has 3 aromatic rings. The minimum atomic E-state index is -0.895. The van der Waals surface area contributed by atoms with Gasteiger partial charge in [0, 0.05) is 16.8 Å². The van der Waals surface area contributed by atoms with Crippen LogP contribution in [0.5, 0.6) is 5.75 Å². The molecule has 0 radical (unpaired) electrons. The lowest BCUT2D eigenvalue weighted by molar-refractivity contribution is -0.132. The molecule has 0 spiro atoms. The number of aliphatic hydroxyl groups excluding tert-OH is 1. The number of rotatable bonds is 4. The van der Waals surface area contributed by atoms with E-state index in [1.165, 1.54) is 24.1 Å². The van der Waals surface area contributed by atoms with E-state index in [9.17, 15) is 14.7 Å². The first-order valence-corrected chi connectivity index (χ1v) is 10.1. The quantitative estimate of drug-likeness (QED) is 0.315. The maximum absolute atomic E-state index is 13.1. The van der Waals surface area contributed by atoms with Crippen LogP contribution in [0.1, 0.15) is 17.2 Å². The molecule has 1 aliphatic heterocycles. The average molecular weight is 454 g/mol. The van der Waals surface area contributed by atoms with Crippen LogP contribution in [0.2, 0.25) is 10.0 Å². The Hall–Kier alpha value is -3.28.